The van der Waals surface area contributed by atoms with Gasteiger partial charge >= 0.3 is 0 Å². The Morgan fingerprint density at radius 2 is 1.90 bits per heavy atom. The van der Waals surface area contributed by atoms with E-state index in [0.717, 1.165) is 18.3 Å². The van der Waals surface area contributed by atoms with Gasteiger partial charge in [0, 0.05) is 11.7 Å². The van der Waals surface area contributed by atoms with Gasteiger partial charge < -0.3 is 10.1 Å². The third-order valence-corrected chi connectivity index (χ3v) is 4.41. The van der Waals surface area contributed by atoms with Crippen LogP contribution in [0.1, 0.15) is 57.9 Å². The van der Waals surface area contributed by atoms with Crippen molar-refractivity contribution in [3.8, 4) is 5.75 Å². The largest absolute Gasteiger partial charge is 0.494 e. The van der Waals surface area contributed by atoms with Crippen LogP contribution in [0.4, 0.5) is 5.69 Å². The zero-order valence-corrected chi connectivity index (χ0v) is 13.2. The number of aryl methyl sites for hydroxylation is 1. The van der Waals surface area contributed by atoms with Crippen LogP contribution in [0.3, 0.4) is 0 Å². The molecule has 0 spiro atoms. The molecule has 1 saturated carbocycles. The van der Waals surface area contributed by atoms with Gasteiger partial charge in [-0.15, -0.1) is 0 Å². The van der Waals surface area contributed by atoms with E-state index in [2.05, 4.69) is 37.4 Å². The second-order valence-corrected chi connectivity index (χ2v) is 6.06. The minimum atomic E-state index is 0.653. The zero-order valence-electron chi connectivity index (χ0n) is 13.2. The van der Waals surface area contributed by atoms with Crippen molar-refractivity contribution in [1.29, 1.82) is 0 Å². The molecule has 2 rings (SSSR count). The maximum absolute atomic E-state index is 5.54. The van der Waals surface area contributed by atoms with Crippen LogP contribution in [0, 0.1) is 12.8 Å². The Labute approximate surface area is 123 Å². The van der Waals surface area contributed by atoms with Crippen molar-refractivity contribution in [1.82, 2.24) is 0 Å². The van der Waals surface area contributed by atoms with Gasteiger partial charge in [0.2, 0.25) is 0 Å². The number of benzene rings is 1. The molecule has 1 aliphatic carbocycles. The monoisotopic (exact) mass is 275 g/mol. The molecule has 1 fully saturated rings. The highest BCUT2D eigenvalue weighted by molar-refractivity contribution is 5.54. The van der Waals surface area contributed by atoms with Gasteiger partial charge in [0.25, 0.3) is 0 Å². The Bertz CT molecular complexity index is 408. The Kier molecular flexibility index (Phi) is 5.75. The maximum atomic E-state index is 5.54. The van der Waals surface area contributed by atoms with E-state index in [0.29, 0.717) is 6.04 Å². The Balaban J connectivity index is 1.88. The van der Waals surface area contributed by atoms with Crippen molar-refractivity contribution >= 4 is 5.69 Å². The number of ether oxygens (including phenoxy) is 1. The second-order valence-electron chi connectivity index (χ2n) is 6.06. The van der Waals surface area contributed by atoms with Crippen molar-refractivity contribution < 1.29 is 4.74 Å². The van der Waals surface area contributed by atoms with Crippen molar-refractivity contribution in [3.05, 3.63) is 23.8 Å². The van der Waals surface area contributed by atoms with Gasteiger partial charge in [0.15, 0.2) is 0 Å². The van der Waals surface area contributed by atoms with E-state index in [1.165, 1.54) is 49.8 Å². The zero-order chi connectivity index (χ0) is 14.4. The first-order valence-corrected chi connectivity index (χ1v) is 8.22. The topological polar surface area (TPSA) is 21.3 Å². The number of hydrogen-bond acceptors (Lipinski definition) is 2. The summed E-state index contributed by atoms with van der Waals surface area (Å²) in [7, 11) is 0. The summed E-state index contributed by atoms with van der Waals surface area (Å²) in [4.78, 5) is 0. The third kappa shape index (κ3) is 4.16. The highest BCUT2D eigenvalue weighted by Crippen LogP contribution is 2.30. The van der Waals surface area contributed by atoms with Gasteiger partial charge in [-0.05, 0) is 69.2 Å². The molecule has 0 radical (unpaired) electrons. The van der Waals surface area contributed by atoms with Crippen molar-refractivity contribution in [2.24, 2.45) is 5.92 Å². The minimum Gasteiger partial charge on any atom is -0.494 e. The molecule has 2 heteroatoms. The van der Waals surface area contributed by atoms with Crippen molar-refractivity contribution in [3.63, 3.8) is 0 Å². The SMILES string of the molecule is CCCC1CCC(Nc2ccc(OCC)cc2C)CC1. The first kappa shape index (κ1) is 15.2. The summed E-state index contributed by atoms with van der Waals surface area (Å²) in [6.45, 7) is 7.21. The summed E-state index contributed by atoms with van der Waals surface area (Å²) in [6, 6.07) is 7.02. The molecule has 0 bridgehead atoms. The van der Waals surface area contributed by atoms with Crippen LogP contribution in [-0.2, 0) is 0 Å². The van der Waals surface area contributed by atoms with E-state index in [1.54, 1.807) is 0 Å². The van der Waals surface area contributed by atoms with Crippen molar-refractivity contribution in [2.45, 2.75) is 65.3 Å². The molecule has 0 amide bonds. The number of hydrogen-bond donors (Lipinski definition) is 1. The van der Waals surface area contributed by atoms with Gasteiger partial charge in [-0.25, -0.2) is 0 Å². The molecule has 20 heavy (non-hydrogen) atoms. The molecule has 0 aromatic heterocycles. The van der Waals surface area contributed by atoms with E-state index >= 15 is 0 Å². The molecule has 112 valence electrons. The van der Waals surface area contributed by atoms with E-state index in [-0.39, 0.29) is 0 Å². The molecule has 0 saturated heterocycles. The van der Waals surface area contributed by atoms with Crippen molar-refractivity contribution in [2.75, 3.05) is 11.9 Å². The first-order chi connectivity index (χ1) is 9.72. The normalized spacial score (nSPS) is 22.6. The van der Waals surface area contributed by atoms with E-state index in [9.17, 15) is 0 Å². The third-order valence-electron chi connectivity index (χ3n) is 4.41. The molecule has 2 nitrogen and oxygen atoms in total. The molecule has 1 N–H and O–H groups in total. The Hall–Kier alpha value is -1.18. The summed E-state index contributed by atoms with van der Waals surface area (Å²) < 4.78 is 5.54. The van der Waals surface area contributed by atoms with E-state index < -0.39 is 0 Å². The molecule has 0 atom stereocenters. The smallest absolute Gasteiger partial charge is 0.119 e. The van der Waals surface area contributed by atoms with Gasteiger partial charge in [0.05, 0.1) is 6.61 Å². The lowest BCUT2D eigenvalue weighted by molar-refractivity contribution is 0.319. The average Bonchev–Trinajstić information content (AvgIpc) is 2.44. The minimum absolute atomic E-state index is 0.653. The number of rotatable bonds is 6. The predicted octanol–water partition coefficient (Wildman–Crippen LogP) is 5.16. The molecule has 1 aliphatic rings. The van der Waals surface area contributed by atoms with Crippen LogP contribution in [0.15, 0.2) is 18.2 Å². The average molecular weight is 275 g/mol. The molecule has 1 aromatic carbocycles. The molecular formula is C18H29NO. The van der Waals surface area contributed by atoms with E-state index in [4.69, 9.17) is 4.74 Å². The Morgan fingerprint density at radius 1 is 1.15 bits per heavy atom. The van der Waals surface area contributed by atoms with Gasteiger partial charge in [-0.3, -0.25) is 0 Å². The lowest BCUT2D eigenvalue weighted by Crippen LogP contribution is -2.26. The fraction of sp³-hybridized carbons (Fsp3) is 0.667. The Morgan fingerprint density at radius 3 is 2.50 bits per heavy atom. The van der Waals surface area contributed by atoms with Crippen LogP contribution >= 0.6 is 0 Å². The first-order valence-electron chi connectivity index (χ1n) is 8.22. The lowest BCUT2D eigenvalue weighted by Gasteiger charge is -2.30. The predicted molar refractivity (Wildman–Crippen MR) is 86.6 cm³/mol. The molecule has 0 aliphatic heterocycles. The molecule has 0 heterocycles. The maximum Gasteiger partial charge on any atom is 0.119 e. The second kappa shape index (κ2) is 7.56. The highest BCUT2D eigenvalue weighted by atomic mass is 16.5. The van der Waals surface area contributed by atoms with Crippen LogP contribution in [-0.4, -0.2) is 12.6 Å². The van der Waals surface area contributed by atoms with Gasteiger partial charge in [0.1, 0.15) is 5.75 Å². The fourth-order valence-corrected chi connectivity index (χ4v) is 3.28. The summed E-state index contributed by atoms with van der Waals surface area (Å²) in [5, 5.41) is 3.73. The van der Waals surface area contributed by atoms with Gasteiger partial charge in [-0.2, -0.15) is 0 Å². The standard InChI is InChI=1S/C18H29NO/c1-4-6-15-7-9-16(10-8-15)19-18-12-11-17(20-5-2)13-14(18)3/h11-13,15-16,19H,4-10H2,1-3H3. The molecule has 0 unspecified atom stereocenters. The number of nitrogens with one attached hydrogen (secondary N) is 1. The summed E-state index contributed by atoms with van der Waals surface area (Å²) >= 11 is 0. The van der Waals surface area contributed by atoms with E-state index in [1.807, 2.05) is 6.92 Å². The fourth-order valence-electron chi connectivity index (χ4n) is 3.28. The van der Waals surface area contributed by atoms with Crippen LogP contribution in [0.25, 0.3) is 0 Å². The lowest BCUT2D eigenvalue weighted by atomic mass is 9.83. The summed E-state index contributed by atoms with van der Waals surface area (Å²) in [6.07, 6.45) is 8.16. The summed E-state index contributed by atoms with van der Waals surface area (Å²) in [5.74, 6) is 1.95. The quantitative estimate of drug-likeness (QED) is 0.773. The molecular weight excluding hydrogens is 246 g/mol. The van der Waals surface area contributed by atoms with Crippen LogP contribution in [0.5, 0.6) is 5.75 Å². The van der Waals surface area contributed by atoms with Gasteiger partial charge in [-0.1, -0.05) is 19.8 Å². The highest BCUT2D eigenvalue weighted by Gasteiger charge is 2.20. The van der Waals surface area contributed by atoms with Crippen LogP contribution < -0.4 is 10.1 Å². The molecule has 1 aromatic rings. The number of anilines is 1. The summed E-state index contributed by atoms with van der Waals surface area (Å²) in [5.41, 5.74) is 2.55. The van der Waals surface area contributed by atoms with Crippen LogP contribution in [0.2, 0.25) is 0 Å².